The number of methoxy groups -OCH3 is 1. The van der Waals surface area contributed by atoms with Crippen molar-refractivity contribution < 1.29 is 14.3 Å². The van der Waals surface area contributed by atoms with E-state index in [1.165, 1.54) is 12.8 Å². The predicted molar refractivity (Wildman–Crippen MR) is 87.4 cm³/mol. The van der Waals surface area contributed by atoms with E-state index in [-0.39, 0.29) is 11.9 Å². The summed E-state index contributed by atoms with van der Waals surface area (Å²) in [5, 5.41) is 0. The maximum absolute atomic E-state index is 12.7. The SMILES string of the molecule is COC(=O)N1CCCC1C(=O)N1CCN(c2ccccc2)CC1. The van der Waals surface area contributed by atoms with Gasteiger partial charge in [0.2, 0.25) is 5.91 Å². The summed E-state index contributed by atoms with van der Waals surface area (Å²) in [6.45, 7) is 3.63. The Bertz CT molecular complexity index is 555. The van der Waals surface area contributed by atoms with Gasteiger partial charge in [-0.2, -0.15) is 0 Å². The van der Waals surface area contributed by atoms with Gasteiger partial charge in [-0.3, -0.25) is 9.69 Å². The van der Waals surface area contributed by atoms with Gasteiger partial charge in [0, 0.05) is 38.4 Å². The minimum absolute atomic E-state index is 0.0561. The van der Waals surface area contributed by atoms with Gasteiger partial charge in [-0.25, -0.2) is 4.79 Å². The van der Waals surface area contributed by atoms with E-state index in [4.69, 9.17) is 4.74 Å². The second-order valence-electron chi connectivity index (χ2n) is 5.97. The number of para-hydroxylation sites is 1. The fourth-order valence-electron chi connectivity index (χ4n) is 3.39. The fourth-order valence-corrected chi connectivity index (χ4v) is 3.39. The molecule has 0 aliphatic carbocycles. The number of benzene rings is 1. The number of amides is 2. The molecular weight excluding hydrogens is 294 g/mol. The molecule has 6 heteroatoms. The second-order valence-corrected chi connectivity index (χ2v) is 5.97. The molecule has 6 nitrogen and oxygen atoms in total. The number of hydrogen-bond acceptors (Lipinski definition) is 4. The predicted octanol–water partition coefficient (Wildman–Crippen LogP) is 1.57. The van der Waals surface area contributed by atoms with E-state index >= 15 is 0 Å². The standard InChI is InChI=1S/C17H23N3O3/c1-23-17(22)20-9-5-8-15(20)16(21)19-12-10-18(11-13-19)14-6-3-2-4-7-14/h2-4,6-7,15H,5,8-13H2,1H3. The van der Waals surface area contributed by atoms with Gasteiger partial charge in [-0.05, 0) is 25.0 Å². The van der Waals surface area contributed by atoms with Crippen molar-refractivity contribution in [2.24, 2.45) is 0 Å². The largest absolute Gasteiger partial charge is 0.453 e. The van der Waals surface area contributed by atoms with Crippen LogP contribution in [0.15, 0.2) is 30.3 Å². The third kappa shape index (κ3) is 3.25. The molecule has 1 atom stereocenters. The summed E-state index contributed by atoms with van der Waals surface area (Å²) in [5.74, 6) is 0.0561. The van der Waals surface area contributed by atoms with E-state index in [9.17, 15) is 9.59 Å². The molecule has 2 amide bonds. The first-order valence-corrected chi connectivity index (χ1v) is 8.14. The molecule has 1 aromatic rings. The molecule has 0 aromatic heterocycles. The molecular formula is C17H23N3O3. The molecule has 1 aromatic carbocycles. The number of ether oxygens (including phenoxy) is 1. The summed E-state index contributed by atoms with van der Waals surface area (Å²) in [5.41, 5.74) is 1.19. The van der Waals surface area contributed by atoms with Crippen LogP contribution in [0, 0.1) is 0 Å². The topological polar surface area (TPSA) is 53.1 Å². The normalized spacial score (nSPS) is 21.4. The summed E-state index contributed by atoms with van der Waals surface area (Å²) < 4.78 is 4.78. The van der Waals surface area contributed by atoms with Crippen LogP contribution in [-0.2, 0) is 9.53 Å². The lowest BCUT2D eigenvalue weighted by atomic mass is 10.1. The van der Waals surface area contributed by atoms with Gasteiger partial charge >= 0.3 is 6.09 Å². The van der Waals surface area contributed by atoms with Crippen molar-refractivity contribution in [1.29, 1.82) is 0 Å². The first-order chi connectivity index (χ1) is 11.2. The first kappa shape index (κ1) is 15.6. The third-order valence-corrected chi connectivity index (χ3v) is 4.66. The van der Waals surface area contributed by atoms with Crippen LogP contribution in [0.4, 0.5) is 10.5 Å². The maximum Gasteiger partial charge on any atom is 0.410 e. The summed E-state index contributed by atoms with van der Waals surface area (Å²) in [7, 11) is 1.36. The van der Waals surface area contributed by atoms with Crippen LogP contribution in [0.2, 0.25) is 0 Å². The number of rotatable bonds is 2. The zero-order valence-electron chi connectivity index (χ0n) is 13.5. The number of carbonyl (C=O) groups excluding carboxylic acids is 2. The highest BCUT2D eigenvalue weighted by Gasteiger charge is 2.37. The molecule has 2 aliphatic rings. The van der Waals surface area contributed by atoms with Gasteiger partial charge in [-0.15, -0.1) is 0 Å². The number of carbonyl (C=O) groups is 2. The highest BCUT2D eigenvalue weighted by atomic mass is 16.5. The quantitative estimate of drug-likeness (QED) is 0.831. The Balaban J connectivity index is 1.59. The number of piperazine rings is 1. The molecule has 23 heavy (non-hydrogen) atoms. The van der Waals surface area contributed by atoms with Crippen molar-refractivity contribution in [3.8, 4) is 0 Å². The van der Waals surface area contributed by atoms with E-state index < -0.39 is 6.09 Å². The Morgan fingerprint density at radius 2 is 1.74 bits per heavy atom. The molecule has 0 radical (unpaired) electrons. The average Bonchev–Trinajstić information content (AvgIpc) is 3.11. The summed E-state index contributed by atoms with van der Waals surface area (Å²) >= 11 is 0. The van der Waals surface area contributed by atoms with Crippen LogP contribution in [0.5, 0.6) is 0 Å². The minimum Gasteiger partial charge on any atom is -0.453 e. The average molecular weight is 317 g/mol. The van der Waals surface area contributed by atoms with Gasteiger partial charge < -0.3 is 14.5 Å². The summed E-state index contributed by atoms with van der Waals surface area (Å²) in [6, 6.07) is 9.89. The Labute approximate surface area is 136 Å². The van der Waals surface area contributed by atoms with Crippen LogP contribution in [0.1, 0.15) is 12.8 Å². The molecule has 0 N–H and O–H groups in total. The smallest absolute Gasteiger partial charge is 0.410 e. The van der Waals surface area contributed by atoms with Crippen LogP contribution in [0.3, 0.4) is 0 Å². The Kier molecular flexibility index (Phi) is 4.69. The first-order valence-electron chi connectivity index (χ1n) is 8.14. The lowest BCUT2D eigenvalue weighted by Gasteiger charge is -2.38. The van der Waals surface area contributed by atoms with Crippen LogP contribution < -0.4 is 4.90 Å². The molecule has 3 rings (SSSR count). The van der Waals surface area contributed by atoms with Gasteiger partial charge in [-0.1, -0.05) is 18.2 Å². The summed E-state index contributed by atoms with van der Waals surface area (Å²) in [4.78, 5) is 30.2. The van der Waals surface area contributed by atoms with E-state index in [1.54, 1.807) is 4.90 Å². The van der Waals surface area contributed by atoms with Crippen molar-refractivity contribution in [1.82, 2.24) is 9.80 Å². The Morgan fingerprint density at radius 3 is 2.39 bits per heavy atom. The van der Waals surface area contributed by atoms with Gasteiger partial charge in [0.1, 0.15) is 6.04 Å². The van der Waals surface area contributed by atoms with Crippen LogP contribution in [-0.4, -0.2) is 67.7 Å². The highest BCUT2D eigenvalue weighted by Crippen LogP contribution is 2.22. The molecule has 0 spiro atoms. The number of nitrogens with zero attached hydrogens (tertiary/aromatic N) is 3. The maximum atomic E-state index is 12.7. The van der Waals surface area contributed by atoms with E-state index in [1.807, 2.05) is 23.1 Å². The van der Waals surface area contributed by atoms with Crippen molar-refractivity contribution in [2.75, 3.05) is 44.7 Å². The van der Waals surface area contributed by atoms with Crippen LogP contribution >= 0.6 is 0 Å². The van der Waals surface area contributed by atoms with Crippen molar-refractivity contribution in [3.05, 3.63) is 30.3 Å². The lowest BCUT2D eigenvalue weighted by Crippen LogP contribution is -2.54. The molecule has 0 saturated carbocycles. The third-order valence-electron chi connectivity index (χ3n) is 4.66. The van der Waals surface area contributed by atoms with Crippen molar-refractivity contribution in [2.45, 2.75) is 18.9 Å². The van der Waals surface area contributed by atoms with Crippen LogP contribution in [0.25, 0.3) is 0 Å². The molecule has 2 heterocycles. The number of hydrogen-bond donors (Lipinski definition) is 0. The second kappa shape index (κ2) is 6.89. The van der Waals surface area contributed by atoms with Crippen molar-refractivity contribution >= 4 is 17.7 Å². The molecule has 1 unspecified atom stereocenters. The van der Waals surface area contributed by atoms with E-state index in [0.29, 0.717) is 19.6 Å². The van der Waals surface area contributed by atoms with Gasteiger partial charge in [0.05, 0.1) is 7.11 Å². The number of anilines is 1. The Morgan fingerprint density at radius 1 is 1.04 bits per heavy atom. The van der Waals surface area contributed by atoms with Gasteiger partial charge in [0.25, 0.3) is 0 Å². The highest BCUT2D eigenvalue weighted by molar-refractivity contribution is 5.86. The number of likely N-dealkylation sites (tertiary alicyclic amines) is 1. The molecule has 124 valence electrons. The molecule has 2 fully saturated rings. The minimum atomic E-state index is -0.399. The molecule has 0 bridgehead atoms. The molecule has 2 saturated heterocycles. The van der Waals surface area contributed by atoms with E-state index in [0.717, 1.165) is 25.9 Å². The van der Waals surface area contributed by atoms with Gasteiger partial charge in [0.15, 0.2) is 0 Å². The summed E-state index contributed by atoms with van der Waals surface area (Å²) in [6.07, 6.45) is 1.19. The zero-order chi connectivity index (χ0) is 16.2. The Hall–Kier alpha value is -2.24. The monoisotopic (exact) mass is 317 g/mol. The molecule has 2 aliphatic heterocycles. The zero-order valence-corrected chi connectivity index (χ0v) is 13.5. The van der Waals surface area contributed by atoms with Crippen molar-refractivity contribution in [3.63, 3.8) is 0 Å². The van der Waals surface area contributed by atoms with E-state index in [2.05, 4.69) is 17.0 Å². The lowest BCUT2D eigenvalue weighted by molar-refractivity contribution is -0.135. The fraction of sp³-hybridized carbons (Fsp3) is 0.529.